The minimum absolute atomic E-state index is 0.0620. The number of hydrogen-bond acceptors (Lipinski definition) is 3. The van der Waals surface area contributed by atoms with Crippen LogP contribution in [-0.4, -0.2) is 22.1 Å². The van der Waals surface area contributed by atoms with Crippen LogP contribution in [0.3, 0.4) is 0 Å². The van der Waals surface area contributed by atoms with Crippen molar-refractivity contribution in [3.05, 3.63) is 93.2 Å². The zero-order valence-electron chi connectivity index (χ0n) is 17.9. The van der Waals surface area contributed by atoms with Gasteiger partial charge in [0.2, 0.25) is 0 Å². The Kier molecular flexibility index (Phi) is 6.68. The first kappa shape index (κ1) is 22.2. The Bertz CT molecular complexity index is 1280. The molecule has 7 heteroatoms. The van der Waals surface area contributed by atoms with Crippen LogP contribution < -0.4 is 10.1 Å². The second-order valence-electron chi connectivity index (χ2n) is 7.67. The van der Waals surface area contributed by atoms with Gasteiger partial charge in [-0.3, -0.25) is 4.79 Å². The summed E-state index contributed by atoms with van der Waals surface area (Å²) in [7, 11) is 0. The lowest BCUT2D eigenvalue weighted by atomic mass is 10.1. The van der Waals surface area contributed by atoms with E-state index in [9.17, 15) is 4.79 Å². The molecule has 0 saturated carbocycles. The van der Waals surface area contributed by atoms with Crippen LogP contribution in [0.2, 0.25) is 10.0 Å². The smallest absolute Gasteiger partial charge is 0.258 e. The number of hydrogen-bond donors (Lipinski definition) is 1. The maximum atomic E-state index is 12.5. The topological polar surface area (TPSA) is 56.1 Å². The van der Waals surface area contributed by atoms with E-state index in [0.29, 0.717) is 22.3 Å². The molecule has 0 radical (unpaired) electrons. The number of amides is 1. The minimum Gasteiger partial charge on any atom is -0.483 e. The first-order valence-electron chi connectivity index (χ1n) is 10.3. The number of rotatable bonds is 7. The van der Waals surface area contributed by atoms with Crippen molar-refractivity contribution in [1.29, 1.82) is 0 Å². The number of aryl methyl sites for hydroxylation is 2. The molecule has 1 heterocycles. The number of carbonyl (C=O) groups is 1. The molecule has 4 rings (SSSR count). The van der Waals surface area contributed by atoms with Crippen LogP contribution in [0, 0.1) is 13.8 Å². The minimum atomic E-state index is -0.214. The molecule has 0 unspecified atom stereocenters. The number of halogens is 2. The van der Waals surface area contributed by atoms with Gasteiger partial charge >= 0.3 is 0 Å². The van der Waals surface area contributed by atoms with Crippen LogP contribution in [0.5, 0.6) is 5.75 Å². The fourth-order valence-electron chi connectivity index (χ4n) is 3.49. The second-order valence-corrected chi connectivity index (χ2v) is 8.52. The van der Waals surface area contributed by atoms with E-state index in [1.807, 2.05) is 68.4 Å². The van der Waals surface area contributed by atoms with Crippen molar-refractivity contribution in [3.63, 3.8) is 0 Å². The predicted molar refractivity (Wildman–Crippen MR) is 129 cm³/mol. The molecule has 4 aromatic rings. The van der Waals surface area contributed by atoms with Crippen LogP contribution in [0.25, 0.3) is 11.0 Å². The van der Waals surface area contributed by atoms with Gasteiger partial charge in [-0.15, -0.1) is 0 Å². The highest BCUT2D eigenvalue weighted by molar-refractivity contribution is 6.35. The van der Waals surface area contributed by atoms with E-state index < -0.39 is 0 Å². The summed E-state index contributed by atoms with van der Waals surface area (Å²) in [5.74, 6) is 1.23. The van der Waals surface area contributed by atoms with Gasteiger partial charge in [-0.05, 0) is 60.9 Å². The number of ether oxygens (including phenoxy) is 1. The highest BCUT2D eigenvalue weighted by atomic mass is 35.5. The lowest BCUT2D eigenvalue weighted by Crippen LogP contribution is -2.29. The molecular weight excluding hydrogens is 445 g/mol. The van der Waals surface area contributed by atoms with Crippen LogP contribution in [0.15, 0.2) is 60.7 Å². The SMILES string of the molecule is Cc1ccc(C)c(OCC(=O)NCc2nc3ccccc3n2Cc2ccc(Cl)cc2Cl)c1. The molecule has 0 aliphatic heterocycles. The first-order chi connectivity index (χ1) is 15.4. The Morgan fingerprint density at radius 2 is 1.88 bits per heavy atom. The highest BCUT2D eigenvalue weighted by Gasteiger charge is 2.14. The van der Waals surface area contributed by atoms with Crippen LogP contribution in [0.1, 0.15) is 22.5 Å². The lowest BCUT2D eigenvalue weighted by Gasteiger charge is -2.13. The number of para-hydroxylation sites is 2. The fourth-order valence-corrected chi connectivity index (χ4v) is 3.96. The van der Waals surface area contributed by atoms with Crippen LogP contribution in [-0.2, 0) is 17.9 Å². The molecule has 3 aromatic carbocycles. The Balaban J connectivity index is 1.49. The fraction of sp³-hybridized carbons (Fsp3) is 0.200. The Labute approximate surface area is 196 Å². The van der Waals surface area contributed by atoms with Crippen molar-refractivity contribution < 1.29 is 9.53 Å². The average molecular weight is 468 g/mol. The van der Waals surface area contributed by atoms with Gasteiger partial charge < -0.3 is 14.6 Å². The number of aromatic nitrogens is 2. The van der Waals surface area contributed by atoms with Crippen molar-refractivity contribution >= 4 is 40.1 Å². The van der Waals surface area contributed by atoms with Crippen LogP contribution in [0.4, 0.5) is 0 Å². The molecule has 164 valence electrons. The number of imidazole rings is 1. The van der Waals surface area contributed by atoms with Gasteiger partial charge in [0.15, 0.2) is 6.61 Å². The highest BCUT2D eigenvalue weighted by Crippen LogP contribution is 2.25. The van der Waals surface area contributed by atoms with Gasteiger partial charge in [-0.25, -0.2) is 4.98 Å². The maximum Gasteiger partial charge on any atom is 0.258 e. The molecule has 1 N–H and O–H groups in total. The largest absolute Gasteiger partial charge is 0.483 e. The molecule has 5 nitrogen and oxygen atoms in total. The van der Waals surface area contributed by atoms with Crippen molar-refractivity contribution in [2.24, 2.45) is 0 Å². The van der Waals surface area contributed by atoms with Crippen LogP contribution >= 0.6 is 23.2 Å². The molecule has 32 heavy (non-hydrogen) atoms. The van der Waals surface area contributed by atoms with Gasteiger partial charge in [0.05, 0.1) is 24.1 Å². The summed E-state index contributed by atoms with van der Waals surface area (Å²) in [6.45, 7) is 4.67. The first-order valence-corrected chi connectivity index (χ1v) is 11.0. The number of benzene rings is 3. The molecule has 0 aliphatic rings. The van der Waals surface area contributed by atoms with Gasteiger partial charge in [-0.1, -0.05) is 53.5 Å². The molecule has 0 saturated heterocycles. The quantitative estimate of drug-likeness (QED) is 0.379. The maximum absolute atomic E-state index is 12.5. The summed E-state index contributed by atoms with van der Waals surface area (Å²) in [5, 5.41) is 4.09. The number of fused-ring (bicyclic) bond motifs is 1. The summed E-state index contributed by atoms with van der Waals surface area (Å²) in [6, 6.07) is 19.2. The summed E-state index contributed by atoms with van der Waals surface area (Å²) >= 11 is 12.4. The van der Waals surface area contributed by atoms with Crippen molar-refractivity contribution in [1.82, 2.24) is 14.9 Å². The normalized spacial score (nSPS) is 11.0. The molecule has 1 aromatic heterocycles. The van der Waals surface area contributed by atoms with E-state index in [1.54, 1.807) is 6.07 Å². The molecular formula is C25H23Cl2N3O2. The van der Waals surface area contributed by atoms with Crippen molar-refractivity contribution in [2.75, 3.05) is 6.61 Å². The van der Waals surface area contributed by atoms with E-state index in [0.717, 1.165) is 33.5 Å². The third-order valence-electron chi connectivity index (χ3n) is 5.22. The second kappa shape index (κ2) is 9.63. The van der Waals surface area contributed by atoms with E-state index in [-0.39, 0.29) is 19.1 Å². The molecule has 1 amide bonds. The van der Waals surface area contributed by atoms with Gasteiger partial charge in [-0.2, -0.15) is 0 Å². The molecule has 0 aliphatic carbocycles. The summed E-state index contributed by atoms with van der Waals surface area (Å²) in [4.78, 5) is 17.2. The zero-order valence-corrected chi connectivity index (χ0v) is 19.4. The monoisotopic (exact) mass is 467 g/mol. The number of carbonyl (C=O) groups excluding carboxylic acids is 1. The van der Waals surface area contributed by atoms with E-state index >= 15 is 0 Å². The summed E-state index contributed by atoms with van der Waals surface area (Å²) < 4.78 is 7.76. The van der Waals surface area contributed by atoms with E-state index in [1.165, 1.54) is 0 Å². The molecule has 0 spiro atoms. The third-order valence-corrected chi connectivity index (χ3v) is 5.81. The van der Waals surface area contributed by atoms with Crippen molar-refractivity contribution in [3.8, 4) is 5.75 Å². The third kappa shape index (κ3) is 5.06. The lowest BCUT2D eigenvalue weighted by molar-refractivity contribution is -0.123. The van der Waals surface area contributed by atoms with Crippen molar-refractivity contribution in [2.45, 2.75) is 26.9 Å². The van der Waals surface area contributed by atoms with E-state index in [4.69, 9.17) is 32.9 Å². The predicted octanol–water partition coefficient (Wildman–Crippen LogP) is 5.70. The molecule has 0 bridgehead atoms. The number of nitrogens with zero attached hydrogens (tertiary/aromatic N) is 2. The molecule has 0 atom stereocenters. The summed E-state index contributed by atoms with van der Waals surface area (Å²) in [6.07, 6.45) is 0. The standard InChI is InChI=1S/C25H23Cl2N3O2/c1-16-7-8-17(2)23(11-16)32-15-25(31)28-13-24-29-21-5-3-4-6-22(21)30(24)14-18-9-10-19(26)12-20(18)27/h3-12H,13-15H2,1-2H3,(H,28,31). The van der Waals surface area contributed by atoms with Gasteiger partial charge in [0.25, 0.3) is 5.91 Å². The van der Waals surface area contributed by atoms with E-state index in [2.05, 4.69) is 9.88 Å². The molecule has 0 fully saturated rings. The Morgan fingerprint density at radius 1 is 1.06 bits per heavy atom. The van der Waals surface area contributed by atoms with Gasteiger partial charge in [0.1, 0.15) is 11.6 Å². The zero-order chi connectivity index (χ0) is 22.7. The Hall–Kier alpha value is -3.02. The average Bonchev–Trinajstić information content (AvgIpc) is 3.12. The summed E-state index contributed by atoms with van der Waals surface area (Å²) in [5.41, 5.74) is 4.82. The van der Waals surface area contributed by atoms with Gasteiger partial charge in [0, 0.05) is 10.0 Å². The Morgan fingerprint density at radius 3 is 2.69 bits per heavy atom. The number of nitrogens with one attached hydrogen (secondary N) is 1.